The van der Waals surface area contributed by atoms with Crippen LogP contribution >= 0.6 is 12.2 Å². The number of nitrogens with one attached hydrogen (secondary N) is 1. The first-order valence-corrected chi connectivity index (χ1v) is 4.50. The van der Waals surface area contributed by atoms with Crippen LogP contribution in [-0.4, -0.2) is 11.3 Å². The van der Waals surface area contributed by atoms with E-state index in [0.717, 1.165) is 11.3 Å². The second-order valence-corrected chi connectivity index (χ2v) is 3.18. The van der Waals surface area contributed by atoms with Crippen molar-refractivity contribution >= 4 is 29.2 Å². The van der Waals surface area contributed by atoms with E-state index < -0.39 is 0 Å². The first-order valence-electron chi connectivity index (χ1n) is 4.10. The molecule has 0 fully saturated rings. The Kier molecular flexibility index (Phi) is 3.87. The summed E-state index contributed by atoms with van der Waals surface area (Å²) in [5, 5.41) is 3.97. The van der Waals surface area contributed by atoms with E-state index in [0.29, 0.717) is 6.42 Å². The average molecular weight is 208 g/mol. The Balaban J connectivity index is 2.45. The van der Waals surface area contributed by atoms with Gasteiger partial charge in [-0.1, -0.05) is 12.1 Å². The van der Waals surface area contributed by atoms with Crippen molar-refractivity contribution in [3.8, 4) is 0 Å². The van der Waals surface area contributed by atoms with E-state index in [1.165, 1.54) is 0 Å². The number of hydrazone groups is 1. The SMILES string of the molecule is NC(=S)NN=CCc1cccc(N)c1. The maximum absolute atomic E-state index is 5.61. The number of nitrogens with two attached hydrogens (primary N) is 2. The summed E-state index contributed by atoms with van der Waals surface area (Å²) in [6.07, 6.45) is 2.38. The Labute approximate surface area is 88.0 Å². The van der Waals surface area contributed by atoms with Gasteiger partial charge in [0.05, 0.1) is 0 Å². The summed E-state index contributed by atoms with van der Waals surface area (Å²) < 4.78 is 0. The summed E-state index contributed by atoms with van der Waals surface area (Å²) in [5.41, 5.74) is 15.1. The number of thiocarbonyl (C=S) groups is 1. The summed E-state index contributed by atoms with van der Waals surface area (Å²) in [7, 11) is 0. The topological polar surface area (TPSA) is 76.4 Å². The van der Waals surface area contributed by atoms with Gasteiger partial charge in [0.2, 0.25) is 0 Å². The number of hydrogen-bond acceptors (Lipinski definition) is 3. The van der Waals surface area contributed by atoms with Gasteiger partial charge in [-0.3, -0.25) is 5.43 Å². The van der Waals surface area contributed by atoms with Gasteiger partial charge in [-0.25, -0.2) is 0 Å². The van der Waals surface area contributed by atoms with Gasteiger partial charge in [-0.2, -0.15) is 5.10 Å². The third-order valence-electron chi connectivity index (χ3n) is 1.54. The highest BCUT2D eigenvalue weighted by atomic mass is 32.1. The Hall–Kier alpha value is -1.62. The molecular formula is C9H12N4S. The summed E-state index contributed by atoms with van der Waals surface area (Å²) in [6, 6.07) is 7.61. The number of rotatable bonds is 3. The molecule has 0 bridgehead atoms. The van der Waals surface area contributed by atoms with Crippen LogP contribution in [0.2, 0.25) is 0 Å². The quantitative estimate of drug-likeness (QED) is 0.295. The lowest BCUT2D eigenvalue weighted by Crippen LogP contribution is -2.24. The second kappa shape index (κ2) is 5.18. The van der Waals surface area contributed by atoms with Gasteiger partial charge in [0, 0.05) is 18.3 Å². The second-order valence-electron chi connectivity index (χ2n) is 2.74. The third-order valence-corrected chi connectivity index (χ3v) is 1.64. The molecule has 0 saturated carbocycles. The van der Waals surface area contributed by atoms with Gasteiger partial charge >= 0.3 is 0 Å². The van der Waals surface area contributed by atoms with Crippen molar-refractivity contribution in [3.63, 3.8) is 0 Å². The summed E-state index contributed by atoms with van der Waals surface area (Å²) in [4.78, 5) is 0. The third kappa shape index (κ3) is 3.86. The Morgan fingerprint density at radius 2 is 2.36 bits per heavy atom. The largest absolute Gasteiger partial charge is 0.399 e. The molecule has 0 heterocycles. The van der Waals surface area contributed by atoms with Crippen LogP contribution in [0.1, 0.15) is 5.56 Å². The van der Waals surface area contributed by atoms with Crippen LogP contribution in [0.4, 0.5) is 5.69 Å². The molecule has 74 valence electrons. The van der Waals surface area contributed by atoms with Crippen molar-refractivity contribution in [2.24, 2.45) is 10.8 Å². The monoisotopic (exact) mass is 208 g/mol. The van der Waals surface area contributed by atoms with Crippen molar-refractivity contribution in [3.05, 3.63) is 29.8 Å². The predicted molar refractivity (Wildman–Crippen MR) is 63.0 cm³/mol. The van der Waals surface area contributed by atoms with E-state index in [-0.39, 0.29) is 5.11 Å². The van der Waals surface area contributed by atoms with Gasteiger partial charge in [0.25, 0.3) is 0 Å². The number of hydrogen-bond donors (Lipinski definition) is 3. The van der Waals surface area contributed by atoms with E-state index in [9.17, 15) is 0 Å². The molecule has 0 saturated heterocycles. The Bertz CT molecular complexity index is 348. The van der Waals surface area contributed by atoms with Crippen LogP contribution in [0, 0.1) is 0 Å². The van der Waals surface area contributed by atoms with Crippen molar-refractivity contribution in [2.75, 3.05) is 5.73 Å². The normalized spacial score (nSPS) is 10.3. The highest BCUT2D eigenvalue weighted by Crippen LogP contribution is 2.05. The van der Waals surface area contributed by atoms with Gasteiger partial charge in [0.1, 0.15) is 0 Å². The molecular weight excluding hydrogens is 196 g/mol. The van der Waals surface area contributed by atoms with Crippen molar-refractivity contribution in [1.82, 2.24) is 5.43 Å². The molecule has 14 heavy (non-hydrogen) atoms. The van der Waals surface area contributed by atoms with E-state index in [2.05, 4.69) is 22.7 Å². The number of nitrogen functional groups attached to an aromatic ring is 1. The molecule has 0 aliphatic heterocycles. The van der Waals surface area contributed by atoms with Gasteiger partial charge < -0.3 is 11.5 Å². The fourth-order valence-electron chi connectivity index (χ4n) is 0.980. The fraction of sp³-hybridized carbons (Fsp3) is 0.111. The molecule has 0 unspecified atom stereocenters. The molecule has 0 aliphatic carbocycles. The molecule has 0 radical (unpaired) electrons. The van der Waals surface area contributed by atoms with Gasteiger partial charge in [-0.15, -0.1) is 0 Å². The summed E-state index contributed by atoms with van der Waals surface area (Å²) >= 11 is 4.58. The zero-order valence-electron chi connectivity index (χ0n) is 7.60. The van der Waals surface area contributed by atoms with Crippen LogP contribution in [0.5, 0.6) is 0 Å². The van der Waals surface area contributed by atoms with Crippen LogP contribution < -0.4 is 16.9 Å². The highest BCUT2D eigenvalue weighted by Gasteiger charge is 1.90. The van der Waals surface area contributed by atoms with Crippen LogP contribution in [0.15, 0.2) is 29.4 Å². The number of anilines is 1. The molecule has 0 spiro atoms. The van der Waals surface area contributed by atoms with E-state index in [4.69, 9.17) is 11.5 Å². The van der Waals surface area contributed by atoms with Crippen LogP contribution in [0.3, 0.4) is 0 Å². The lowest BCUT2D eigenvalue weighted by molar-refractivity contribution is 1.03. The molecule has 5 N–H and O–H groups in total. The summed E-state index contributed by atoms with van der Waals surface area (Å²) in [5.74, 6) is 0. The molecule has 0 atom stereocenters. The minimum absolute atomic E-state index is 0.161. The van der Waals surface area contributed by atoms with Crippen LogP contribution in [0.25, 0.3) is 0 Å². The molecule has 0 aliphatic rings. The lowest BCUT2D eigenvalue weighted by atomic mass is 10.1. The first-order chi connectivity index (χ1) is 6.68. The zero-order chi connectivity index (χ0) is 10.4. The first kappa shape index (κ1) is 10.5. The van der Waals surface area contributed by atoms with Gasteiger partial charge in [0.15, 0.2) is 5.11 Å². The van der Waals surface area contributed by atoms with Crippen molar-refractivity contribution in [1.29, 1.82) is 0 Å². The number of benzene rings is 1. The lowest BCUT2D eigenvalue weighted by Gasteiger charge is -1.98. The molecule has 0 amide bonds. The zero-order valence-corrected chi connectivity index (χ0v) is 8.42. The Morgan fingerprint density at radius 3 is 3.00 bits per heavy atom. The van der Waals surface area contributed by atoms with E-state index in [1.54, 1.807) is 6.21 Å². The molecule has 0 aromatic heterocycles. The smallest absolute Gasteiger partial charge is 0.184 e. The van der Waals surface area contributed by atoms with Crippen LogP contribution in [-0.2, 0) is 6.42 Å². The predicted octanol–water partition coefficient (Wildman–Crippen LogP) is 0.630. The molecule has 4 nitrogen and oxygen atoms in total. The minimum Gasteiger partial charge on any atom is -0.399 e. The van der Waals surface area contributed by atoms with Crippen molar-refractivity contribution < 1.29 is 0 Å². The highest BCUT2D eigenvalue weighted by molar-refractivity contribution is 7.80. The average Bonchev–Trinajstić information content (AvgIpc) is 2.12. The molecule has 1 aromatic rings. The summed E-state index contributed by atoms with van der Waals surface area (Å²) in [6.45, 7) is 0. The Morgan fingerprint density at radius 1 is 1.57 bits per heavy atom. The maximum Gasteiger partial charge on any atom is 0.184 e. The maximum atomic E-state index is 5.61. The van der Waals surface area contributed by atoms with E-state index in [1.807, 2.05) is 24.3 Å². The van der Waals surface area contributed by atoms with Crippen molar-refractivity contribution in [2.45, 2.75) is 6.42 Å². The van der Waals surface area contributed by atoms with Gasteiger partial charge in [-0.05, 0) is 29.9 Å². The fourth-order valence-corrected chi connectivity index (χ4v) is 1.03. The van der Waals surface area contributed by atoms with E-state index >= 15 is 0 Å². The molecule has 1 rings (SSSR count). The number of nitrogens with zero attached hydrogens (tertiary/aromatic N) is 1. The molecule has 5 heteroatoms. The molecule has 1 aromatic carbocycles. The minimum atomic E-state index is 0.161. The standard InChI is InChI=1S/C9H12N4S/c10-8-3-1-2-7(6-8)4-5-12-13-9(11)14/h1-3,5-6H,4,10H2,(H3,11,13,14).